The summed E-state index contributed by atoms with van der Waals surface area (Å²) in [6.45, 7) is 3.14. The molecule has 0 spiro atoms. The van der Waals surface area contributed by atoms with Crippen molar-refractivity contribution in [2.45, 2.75) is 48.8 Å². The molecule has 1 fully saturated rings. The number of fused-ring (bicyclic) bond motifs is 1. The van der Waals surface area contributed by atoms with Crippen molar-refractivity contribution in [3.05, 3.63) is 42.5 Å². The molecule has 3 heteroatoms. The van der Waals surface area contributed by atoms with E-state index in [1.54, 1.807) is 0 Å². The summed E-state index contributed by atoms with van der Waals surface area (Å²) in [6, 6.07) is 15.0. The second-order valence-electron chi connectivity index (χ2n) is 5.85. The van der Waals surface area contributed by atoms with E-state index in [1.165, 1.54) is 23.6 Å². The third-order valence-corrected chi connectivity index (χ3v) is 6.13. The molecule has 0 bridgehead atoms. The van der Waals surface area contributed by atoms with Crippen LogP contribution in [-0.2, 0) is 10.8 Å². The highest BCUT2D eigenvalue weighted by Crippen LogP contribution is 2.27. The Bertz CT molecular complexity index is 638. The van der Waals surface area contributed by atoms with Crippen LogP contribution in [0.1, 0.15) is 32.6 Å². The molecular formula is C18H23NOS. The van der Waals surface area contributed by atoms with Gasteiger partial charge in [-0.3, -0.25) is 4.21 Å². The Kier molecular flexibility index (Phi) is 4.71. The first-order chi connectivity index (χ1) is 10.3. The Morgan fingerprint density at radius 3 is 2.76 bits per heavy atom. The van der Waals surface area contributed by atoms with E-state index in [0.29, 0.717) is 11.3 Å². The van der Waals surface area contributed by atoms with Crippen molar-refractivity contribution in [2.75, 3.05) is 6.54 Å². The smallest absolute Gasteiger partial charge is 0.0561 e. The van der Waals surface area contributed by atoms with Crippen molar-refractivity contribution < 1.29 is 4.21 Å². The van der Waals surface area contributed by atoms with Crippen LogP contribution in [0.15, 0.2) is 47.4 Å². The number of benzene rings is 2. The average molecular weight is 301 g/mol. The van der Waals surface area contributed by atoms with Crippen molar-refractivity contribution >= 4 is 21.6 Å². The summed E-state index contributed by atoms with van der Waals surface area (Å²) in [5.74, 6) is 0. The topological polar surface area (TPSA) is 29.1 Å². The fourth-order valence-electron chi connectivity index (χ4n) is 3.30. The molecule has 2 nitrogen and oxygen atoms in total. The predicted octanol–water partition coefficient (Wildman–Crippen LogP) is 3.87. The van der Waals surface area contributed by atoms with E-state index in [0.717, 1.165) is 24.3 Å². The zero-order valence-corrected chi connectivity index (χ0v) is 13.4. The lowest BCUT2D eigenvalue weighted by atomic mass is 9.95. The predicted molar refractivity (Wildman–Crippen MR) is 90.1 cm³/mol. The molecule has 1 aliphatic carbocycles. The Balaban J connectivity index is 1.79. The van der Waals surface area contributed by atoms with Gasteiger partial charge in [0.25, 0.3) is 0 Å². The summed E-state index contributed by atoms with van der Waals surface area (Å²) in [4.78, 5) is 0.982. The minimum absolute atomic E-state index is 0.295. The second kappa shape index (κ2) is 6.71. The summed E-state index contributed by atoms with van der Waals surface area (Å²) in [5, 5.41) is 6.21. The molecule has 2 aromatic rings. The maximum atomic E-state index is 12.9. The van der Waals surface area contributed by atoms with Crippen molar-refractivity contribution in [3.63, 3.8) is 0 Å². The van der Waals surface area contributed by atoms with Crippen molar-refractivity contribution in [1.29, 1.82) is 0 Å². The third-order valence-electron chi connectivity index (χ3n) is 4.37. The quantitative estimate of drug-likeness (QED) is 0.929. The van der Waals surface area contributed by atoms with E-state index in [4.69, 9.17) is 0 Å². The first kappa shape index (κ1) is 14.7. The fraction of sp³-hybridized carbons (Fsp3) is 0.444. The van der Waals surface area contributed by atoms with Gasteiger partial charge in [0.1, 0.15) is 0 Å². The van der Waals surface area contributed by atoms with Gasteiger partial charge in [-0.1, -0.05) is 43.7 Å². The van der Waals surface area contributed by atoms with Gasteiger partial charge in [-0.2, -0.15) is 0 Å². The Morgan fingerprint density at radius 2 is 1.95 bits per heavy atom. The van der Waals surface area contributed by atoms with Crippen LogP contribution >= 0.6 is 0 Å². The van der Waals surface area contributed by atoms with Crippen molar-refractivity contribution in [1.82, 2.24) is 5.32 Å². The molecule has 3 rings (SSSR count). The van der Waals surface area contributed by atoms with Crippen molar-refractivity contribution in [2.24, 2.45) is 0 Å². The zero-order chi connectivity index (χ0) is 14.7. The lowest BCUT2D eigenvalue weighted by molar-refractivity contribution is 0.383. The van der Waals surface area contributed by atoms with E-state index in [2.05, 4.69) is 36.5 Å². The summed E-state index contributed by atoms with van der Waals surface area (Å²) < 4.78 is 12.9. The van der Waals surface area contributed by atoms with Gasteiger partial charge in [0.05, 0.1) is 10.8 Å². The Labute approximate surface area is 129 Å². The van der Waals surface area contributed by atoms with E-state index >= 15 is 0 Å². The molecule has 0 radical (unpaired) electrons. The lowest BCUT2D eigenvalue weighted by Gasteiger charge is -2.29. The highest BCUT2D eigenvalue weighted by molar-refractivity contribution is 7.85. The van der Waals surface area contributed by atoms with Gasteiger partial charge in [0.15, 0.2) is 0 Å². The molecule has 2 aromatic carbocycles. The van der Waals surface area contributed by atoms with Gasteiger partial charge in [-0.25, -0.2) is 0 Å². The molecule has 0 aromatic heterocycles. The molecule has 1 N–H and O–H groups in total. The van der Waals surface area contributed by atoms with Crippen LogP contribution in [-0.4, -0.2) is 22.0 Å². The van der Waals surface area contributed by atoms with Crippen LogP contribution < -0.4 is 5.32 Å². The number of hydrogen-bond acceptors (Lipinski definition) is 2. The molecule has 0 saturated heterocycles. The summed E-state index contributed by atoms with van der Waals surface area (Å²) in [6.07, 6.45) is 4.52. The molecular weight excluding hydrogens is 278 g/mol. The molecule has 3 unspecified atom stereocenters. The van der Waals surface area contributed by atoms with Crippen LogP contribution in [0.3, 0.4) is 0 Å². The van der Waals surface area contributed by atoms with Gasteiger partial charge in [0, 0.05) is 16.2 Å². The highest BCUT2D eigenvalue weighted by Gasteiger charge is 2.26. The maximum Gasteiger partial charge on any atom is 0.0561 e. The minimum Gasteiger partial charge on any atom is -0.314 e. The van der Waals surface area contributed by atoms with Gasteiger partial charge >= 0.3 is 0 Å². The number of nitrogens with one attached hydrogen (secondary N) is 1. The van der Waals surface area contributed by atoms with E-state index in [9.17, 15) is 4.21 Å². The molecule has 21 heavy (non-hydrogen) atoms. The molecule has 112 valence electrons. The molecule has 0 amide bonds. The number of rotatable bonds is 4. The van der Waals surface area contributed by atoms with Gasteiger partial charge in [0.2, 0.25) is 0 Å². The second-order valence-corrected chi connectivity index (χ2v) is 7.58. The Morgan fingerprint density at radius 1 is 1.14 bits per heavy atom. The first-order valence-electron chi connectivity index (χ1n) is 7.90. The standard InChI is InChI=1S/C18H23NOS/c1-2-19-16-8-5-9-17(13-16)21(20)18-11-10-14-6-3-4-7-15(14)12-18/h3-4,6-7,10-12,16-17,19H,2,5,8-9,13H2,1H3. The Hall–Kier alpha value is -1.19. The van der Waals surface area contributed by atoms with Gasteiger partial charge in [-0.15, -0.1) is 0 Å². The molecule has 3 atom stereocenters. The summed E-state index contributed by atoms with van der Waals surface area (Å²) in [7, 11) is -0.890. The maximum absolute atomic E-state index is 12.9. The zero-order valence-electron chi connectivity index (χ0n) is 12.5. The summed E-state index contributed by atoms with van der Waals surface area (Å²) >= 11 is 0. The molecule has 0 heterocycles. The number of hydrogen-bond donors (Lipinski definition) is 1. The van der Waals surface area contributed by atoms with Crippen LogP contribution in [0, 0.1) is 0 Å². The third kappa shape index (κ3) is 3.35. The van der Waals surface area contributed by atoms with Crippen LogP contribution in [0.4, 0.5) is 0 Å². The molecule has 1 saturated carbocycles. The monoisotopic (exact) mass is 301 g/mol. The SMILES string of the molecule is CCNC1CCCC(S(=O)c2ccc3ccccc3c2)C1. The van der Waals surface area contributed by atoms with E-state index in [-0.39, 0.29) is 0 Å². The van der Waals surface area contributed by atoms with Gasteiger partial charge < -0.3 is 5.32 Å². The largest absolute Gasteiger partial charge is 0.314 e. The van der Waals surface area contributed by atoms with Crippen LogP contribution in [0.5, 0.6) is 0 Å². The highest BCUT2D eigenvalue weighted by atomic mass is 32.2. The van der Waals surface area contributed by atoms with Gasteiger partial charge in [-0.05, 0) is 48.7 Å². The van der Waals surface area contributed by atoms with Crippen LogP contribution in [0.2, 0.25) is 0 Å². The van der Waals surface area contributed by atoms with Crippen LogP contribution in [0.25, 0.3) is 10.8 Å². The van der Waals surface area contributed by atoms with Crippen molar-refractivity contribution in [3.8, 4) is 0 Å². The average Bonchev–Trinajstić information content (AvgIpc) is 2.54. The minimum atomic E-state index is -0.890. The van der Waals surface area contributed by atoms with E-state index in [1.807, 2.05) is 18.2 Å². The molecule has 1 aliphatic rings. The molecule has 0 aliphatic heterocycles. The fourth-order valence-corrected chi connectivity index (χ4v) is 4.92. The first-order valence-corrected chi connectivity index (χ1v) is 9.12. The normalized spacial score (nSPS) is 24.0. The lowest BCUT2D eigenvalue weighted by Crippen LogP contribution is -2.37. The summed E-state index contributed by atoms with van der Waals surface area (Å²) in [5.41, 5.74) is 0. The van der Waals surface area contributed by atoms with E-state index < -0.39 is 10.8 Å².